The lowest BCUT2D eigenvalue weighted by atomic mass is 10.2. The molecular weight excluding hydrogens is 306 g/mol. The first kappa shape index (κ1) is 13.4. The van der Waals surface area contributed by atoms with Gasteiger partial charge in [-0.2, -0.15) is 5.26 Å². The minimum absolute atomic E-state index is 0.396. The third-order valence-electron chi connectivity index (χ3n) is 2.59. The van der Waals surface area contributed by atoms with Crippen LogP contribution in [0.2, 0.25) is 0 Å². The van der Waals surface area contributed by atoms with Crippen molar-refractivity contribution < 1.29 is 9.47 Å². The van der Waals surface area contributed by atoms with Gasteiger partial charge < -0.3 is 9.47 Å². The number of benzene rings is 2. The van der Waals surface area contributed by atoms with E-state index >= 15 is 0 Å². The Morgan fingerprint density at radius 3 is 2.79 bits per heavy atom. The van der Waals surface area contributed by atoms with Gasteiger partial charge in [0.2, 0.25) is 0 Å². The highest BCUT2D eigenvalue weighted by atomic mass is 79.9. The molecule has 0 saturated heterocycles. The fraction of sp³-hybridized carbons (Fsp3) is 0.133. The summed E-state index contributed by atoms with van der Waals surface area (Å²) in [5.41, 5.74) is 1.50. The molecule has 96 valence electrons. The highest BCUT2D eigenvalue weighted by Crippen LogP contribution is 2.23. The van der Waals surface area contributed by atoms with Crippen LogP contribution in [0.1, 0.15) is 11.1 Å². The second-order valence-electron chi connectivity index (χ2n) is 3.89. The van der Waals surface area contributed by atoms with Crippen molar-refractivity contribution in [2.75, 3.05) is 7.11 Å². The van der Waals surface area contributed by atoms with Crippen LogP contribution >= 0.6 is 15.9 Å². The zero-order valence-electron chi connectivity index (χ0n) is 10.4. The summed E-state index contributed by atoms with van der Waals surface area (Å²) in [4.78, 5) is 0. The molecule has 2 aromatic carbocycles. The number of hydrogen-bond acceptors (Lipinski definition) is 3. The standard InChI is InChI=1S/C15H12BrNO2/c1-18-14-4-2-3-11(7-14)10-19-15-6-5-13(16)8-12(15)9-17/h2-8H,10H2,1H3. The van der Waals surface area contributed by atoms with Gasteiger partial charge in [0.15, 0.2) is 0 Å². The van der Waals surface area contributed by atoms with Gasteiger partial charge in [-0.25, -0.2) is 0 Å². The van der Waals surface area contributed by atoms with Crippen LogP contribution in [-0.4, -0.2) is 7.11 Å². The second kappa shape index (κ2) is 6.26. The molecule has 4 heteroatoms. The Labute approximate surface area is 120 Å². The fourth-order valence-electron chi connectivity index (χ4n) is 1.64. The molecule has 0 atom stereocenters. The lowest BCUT2D eigenvalue weighted by molar-refractivity contribution is 0.304. The maximum Gasteiger partial charge on any atom is 0.137 e. The largest absolute Gasteiger partial charge is 0.497 e. The molecule has 0 saturated carbocycles. The van der Waals surface area contributed by atoms with Crippen LogP contribution in [0.15, 0.2) is 46.9 Å². The van der Waals surface area contributed by atoms with E-state index in [1.165, 1.54) is 0 Å². The van der Waals surface area contributed by atoms with Crippen LogP contribution < -0.4 is 9.47 Å². The summed E-state index contributed by atoms with van der Waals surface area (Å²) in [6.07, 6.45) is 0. The van der Waals surface area contributed by atoms with Gasteiger partial charge in [-0.3, -0.25) is 0 Å². The number of nitrogens with zero attached hydrogens (tertiary/aromatic N) is 1. The van der Waals surface area contributed by atoms with Crippen molar-refractivity contribution in [3.8, 4) is 17.6 Å². The molecule has 2 rings (SSSR count). The molecule has 0 aliphatic carbocycles. The van der Waals surface area contributed by atoms with Crippen molar-refractivity contribution in [1.29, 1.82) is 5.26 Å². The van der Waals surface area contributed by atoms with Crippen molar-refractivity contribution in [2.24, 2.45) is 0 Å². The third kappa shape index (κ3) is 3.49. The van der Waals surface area contributed by atoms with E-state index in [1.807, 2.05) is 30.3 Å². The molecule has 2 aromatic rings. The normalized spacial score (nSPS) is 9.74. The first-order valence-corrected chi connectivity index (χ1v) is 6.47. The van der Waals surface area contributed by atoms with Gasteiger partial charge in [0, 0.05) is 4.47 Å². The van der Waals surface area contributed by atoms with E-state index in [-0.39, 0.29) is 0 Å². The molecule has 0 N–H and O–H groups in total. The molecule has 0 aromatic heterocycles. The lowest BCUT2D eigenvalue weighted by Crippen LogP contribution is -1.97. The van der Waals surface area contributed by atoms with E-state index in [2.05, 4.69) is 22.0 Å². The maximum absolute atomic E-state index is 9.05. The molecular formula is C15H12BrNO2. The fourth-order valence-corrected chi connectivity index (χ4v) is 2.00. The summed E-state index contributed by atoms with van der Waals surface area (Å²) in [7, 11) is 1.63. The van der Waals surface area contributed by atoms with Gasteiger partial charge in [-0.15, -0.1) is 0 Å². The number of rotatable bonds is 4. The molecule has 0 amide bonds. The summed E-state index contributed by atoms with van der Waals surface area (Å²) in [5.74, 6) is 1.37. The van der Waals surface area contributed by atoms with E-state index in [4.69, 9.17) is 14.7 Å². The second-order valence-corrected chi connectivity index (χ2v) is 4.81. The minimum atomic E-state index is 0.396. The van der Waals surface area contributed by atoms with Crippen LogP contribution in [0.25, 0.3) is 0 Å². The quantitative estimate of drug-likeness (QED) is 0.858. The van der Waals surface area contributed by atoms with Crippen LogP contribution in [0, 0.1) is 11.3 Å². The summed E-state index contributed by atoms with van der Waals surface area (Å²) in [5, 5.41) is 9.05. The molecule has 0 aliphatic rings. The monoisotopic (exact) mass is 317 g/mol. The predicted molar refractivity (Wildman–Crippen MR) is 76.2 cm³/mol. The molecule has 0 aliphatic heterocycles. The van der Waals surface area contributed by atoms with Crippen molar-refractivity contribution in [1.82, 2.24) is 0 Å². The van der Waals surface area contributed by atoms with Gasteiger partial charge in [-0.1, -0.05) is 28.1 Å². The van der Waals surface area contributed by atoms with Crippen molar-refractivity contribution in [3.63, 3.8) is 0 Å². The maximum atomic E-state index is 9.05. The lowest BCUT2D eigenvalue weighted by Gasteiger charge is -2.09. The van der Waals surface area contributed by atoms with Gasteiger partial charge in [0.05, 0.1) is 12.7 Å². The van der Waals surface area contributed by atoms with Crippen molar-refractivity contribution in [3.05, 3.63) is 58.1 Å². The van der Waals surface area contributed by atoms with E-state index in [0.717, 1.165) is 15.8 Å². The summed E-state index contributed by atoms with van der Waals surface area (Å²) in [6.45, 7) is 0.396. The molecule has 0 spiro atoms. The minimum Gasteiger partial charge on any atom is -0.497 e. The Balaban J connectivity index is 2.12. The number of nitriles is 1. The number of methoxy groups -OCH3 is 1. The van der Waals surface area contributed by atoms with Gasteiger partial charge >= 0.3 is 0 Å². The predicted octanol–water partition coefficient (Wildman–Crippen LogP) is 3.91. The average Bonchev–Trinajstić information content (AvgIpc) is 2.46. The zero-order valence-corrected chi connectivity index (χ0v) is 12.0. The Morgan fingerprint density at radius 2 is 2.05 bits per heavy atom. The van der Waals surface area contributed by atoms with E-state index in [9.17, 15) is 0 Å². The Kier molecular flexibility index (Phi) is 4.43. The highest BCUT2D eigenvalue weighted by molar-refractivity contribution is 9.10. The number of ether oxygens (including phenoxy) is 2. The Morgan fingerprint density at radius 1 is 1.21 bits per heavy atom. The van der Waals surface area contributed by atoms with Gasteiger partial charge in [0.25, 0.3) is 0 Å². The van der Waals surface area contributed by atoms with Gasteiger partial charge in [0.1, 0.15) is 24.2 Å². The number of hydrogen-bond donors (Lipinski definition) is 0. The zero-order chi connectivity index (χ0) is 13.7. The average molecular weight is 318 g/mol. The topological polar surface area (TPSA) is 42.2 Å². The molecule has 0 radical (unpaired) electrons. The first-order chi connectivity index (χ1) is 9.22. The Bertz CT molecular complexity index is 620. The van der Waals surface area contributed by atoms with Crippen LogP contribution in [0.5, 0.6) is 11.5 Å². The molecule has 19 heavy (non-hydrogen) atoms. The van der Waals surface area contributed by atoms with Crippen LogP contribution in [0.4, 0.5) is 0 Å². The van der Waals surface area contributed by atoms with Gasteiger partial charge in [-0.05, 0) is 35.9 Å². The molecule has 0 unspecified atom stereocenters. The van der Waals surface area contributed by atoms with Crippen LogP contribution in [-0.2, 0) is 6.61 Å². The van der Waals surface area contributed by atoms with Crippen LogP contribution in [0.3, 0.4) is 0 Å². The third-order valence-corrected chi connectivity index (χ3v) is 3.08. The van der Waals surface area contributed by atoms with Crippen molar-refractivity contribution >= 4 is 15.9 Å². The van der Waals surface area contributed by atoms with Crippen molar-refractivity contribution in [2.45, 2.75) is 6.61 Å². The summed E-state index contributed by atoms with van der Waals surface area (Å²) >= 11 is 3.33. The smallest absolute Gasteiger partial charge is 0.137 e. The van der Waals surface area contributed by atoms with E-state index in [0.29, 0.717) is 17.9 Å². The molecule has 0 heterocycles. The summed E-state index contributed by atoms with van der Waals surface area (Å²) in [6, 6.07) is 15.1. The molecule has 0 bridgehead atoms. The van der Waals surface area contributed by atoms with E-state index in [1.54, 1.807) is 19.2 Å². The highest BCUT2D eigenvalue weighted by Gasteiger charge is 2.04. The molecule has 3 nitrogen and oxygen atoms in total. The Hall–Kier alpha value is -1.99. The SMILES string of the molecule is COc1cccc(COc2ccc(Br)cc2C#N)c1. The first-order valence-electron chi connectivity index (χ1n) is 5.68. The number of halogens is 1. The van der Waals surface area contributed by atoms with E-state index < -0.39 is 0 Å². The molecule has 0 fully saturated rings. The summed E-state index contributed by atoms with van der Waals surface area (Å²) < 4.78 is 11.7.